The molecule has 0 aliphatic heterocycles. The average Bonchev–Trinajstić information content (AvgIpc) is 2.08. The van der Waals surface area contributed by atoms with E-state index in [1.54, 1.807) is 0 Å². The Morgan fingerprint density at radius 3 is 2.50 bits per heavy atom. The van der Waals surface area contributed by atoms with Crippen molar-refractivity contribution >= 4 is 0 Å². The molecule has 1 nitrogen and oxygen atoms in total. The Balaban J connectivity index is 2.96. The van der Waals surface area contributed by atoms with E-state index >= 15 is 0 Å². The molecule has 0 heterocycles. The first-order valence-corrected chi connectivity index (χ1v) is 3.85. The monoisotopic (exact) mass is 171 g/mol. The van der Waals surface area contributed by atoms with E-state index < -0.39 is 11.6 Å². The van der Waals surface area contributed by atoms with Gasteiger partial charge in [-0.2, -0.15) is 0 Å². The fourth-order valence-corrected chi connectivity index (χ4v) is 0.979. The maximum absolute atomic E-state index is 12.6. The fraction of sp³-hybridized carbons (Fsp3) is 0.333. The first-order chi connectivity index (χ1) is 5.65. The Morgan fingerprint density at radius 1 is 1.33 bits per heavy atom. The highest BCUT2D eigenvalue weighted by molar-refractivity contribution is 5.20. The molecule has 0 aromatic heterocycles. The zero-order valence-corrected chi connectivity index (χ0v) is 6.85. The van der Waals surface area contributed by atoms with Crippen LogP contribution in [0.1, 0.15) is 24.9 Å². The van der Waals surface area contributed by atoms with Crippen LogP contribution >= 0.6 is 0 Å². The molecule has 0 radical (unpaired) electrons. The van der Waals surface area contributed by atoms with E-state index in [1.807, 2.05) is 6.92 Å². The Kier molecular flexibility index (Phi) is 2.76. The molecule has 0 saturated carbocycles. The molecule has 0 bridgehead atoms. The first kappa shape index (κ1) is 9.13. The lowest BCUT2D eigenvalue weighted by Gasteiger charge is -2.08. The predicted octanol–water partition coefficient (Wildman–Crippen LogP) is 2.37. The van der Waals surface area contributed by atoms with Crippen LogP contribution in [0.2, 0.25) is 0 Å². The SMILES string of the molecule is CC[C@H](N)c1ccc(F)c(F)c1. The molecule has 0 saturated heterocycles. The number of benzene rings is 1. The van der Waals surface area contributed by atoms with Crippen molar-refractivity contribution < 1.29 is 8.78 Å². The van der Waals surface area contributed by atoms with Crippen molar-refractivity contribution in [2.75, 3.05) is 0 Å². The van der Waals surface area contributed by atoms with Crippen LogP contribution in [-0.4, -0.2) is 0 Å². The van der Waals surface area contributed by atoms with Crippen LogP contribution in [-0.2, 0) is 0 Å². The molecule has 1 aromatic rings. The van der Waals surface area contributed by atoms with Gasteiger partial charge in [0.05, 0.1) is 0 Å². The van der Waals surface area contributed by atoms with Gasteiger partial charge in [0.25, 0.3) is 0 Å². The fourth-order valence-electron chi connectivity index (χ4n) is 0.979. The van der Waals surface area contributed by atoms with Gasteiger partial charge in [0.15, 0.2) is 11.6 Å². The van der Waals surface area contributed by atoms with E-state index in [-0.39, 0.29) is 6.04 Å². The van der Waals surface area contributed by atoms with Crippen molar-refractivity contribution in [1.82, 2.24) is 0 Å². The second-order valence-electron chi connectivity index (χ2n) is 2.69. The van der Waals surface area contributed by atoms with E-state index in [2.05, 4.69) is 0 Å². The largest absolute Gasteiger partial charge is 0.324 e. The molecule has 12 heavy (non-hydrogen) atoms. The summed E-state index contributed by atoms with van der Waals surface area (Å²) < 4.78 is 25.1. The van der Waals surface area contributed by atoms with Gasteiger partial charge in [0, 0.05) is 6.04 Å². The number of hydrogen-bond donors (Lipinski definition) is 1. The first-order valence-electron chi connectivity index (χ1n) is 3.85. The normalized spacial score (nSPS) is 13.0. The Labute approximate surface area is 70.2 Å². The highest BCUT2D eigenvalue weighted by atomic mass is 19.2. The van der Waals surface area contributed by atoms with E-state index in [0.717, 1.165) is 12.1 Å². The molecule has 0 aliphatic carbocycles. The molecule has 0 amide bonds. The third kappa shape index (κ3) is 1.80. The topological polar surface area (TPSA) is 26.0 Å². The molecule has 66 valence electrons. The van der Waals surface area contributed by atoms with Gasteiger partial charge in [-0.1, -0.05) is 13.0 Å². The lowest BCUT2D eigenvalue weighted by Crippen LogP contribution is -2.08. The van der Waals surface area contributed by atoms with Crippen molar-refractivity contribution in [1.29, 1.82) is 0 Å². The standard InChI is InChI=1S/C9H11F2N/c1-2-9(12)6-3-4-7(10)8(11)5-6/h3-5,9H,2,12H2,1H3/t9-/m0/s1. The molecule has 0 aliphatic rings. The van der Waals surface area contributed by atoms with Crippen LogP contribution in [0.4, 0.5) is 8.78 Å². The van der Waals surface area contributed by atoms with Gasteiger partial charge < -0.3 is 5.73 Å². The van der Waals surface area contributed by atoms with Gasteiger partial charge in [-0.05, 0) is 24.1 Å². The van der Waals surface area contributed by atoms with Gasteiger partial charge in [0.2, 0.25) is 0 Å². The highest BCUT2D eigenvalue weighted by Crippen LogP contribution is 2.16. The predicted molar refractivity (Wildman–Crippen MR) is 43.6 cm³/mol. The Morgan fingerprint density at radius 2 is 2.00 bits per heavy atom. The Hall–Kier alpha value is -0.960. The minimum atomic E-state index is -0.837. The summed E-state index contributed by atoms with van der Waals surface area (Å²) in [4.78, 5) is 0. The van der Waals surface area contributed by atoms with Gasteiger partial charge in [0.1, 0.15) is 0 Å². The molecule has 1 aromatic carbocycles. The van der Waals surface area contributed by atoms with Crippen LogP contribution < -0.4 is 5.73 Å². The smallest absolute Gasteiger partial charge is 0.159 e. The molecule has 2 N–H and O–H groups in total. The second kappa shape index (κ2) is 3.63. The third-order valence-electron chi connectivity index (χ3n) is 1.81. The minimum Gasteiger partial charge on any atom is -0.324 e. The van der Waals surface area contributed by atoms with Crippen molar-refractivity contribution in [3.8, 4) is 0 Å². The summed E-state index contributed by atoms with van der Waals surface area (Å²) >= 11 is 0. The van der Waals surface area contributed by atoms with Crippen LogP contribution in [0, 0.1) is 11.6 Å². The van der Waals surface area contributed by atoms with Gasteiger partial charge >= 0.3 is 0 Å². The van der Waals surface area contributed by atoms with Crippen molar-refractivity contribution in [2.24, 2.45) is 5.73 Å². The number of halogens is 2. The second-order valence-corrected chi connectivity index (χ2v) is 2.69. The summed E-state index contributed by atoms with van der Waals surface area (Å²) in [5.41, 5.74) is 6.26. The molecular weight excluding hydrogens is 160 g/mol. The maximum atomic E-state index is 12.6. The maximum Gasteiger partial charge on any atom is 0.159 e. The van der Waals surface area contributed by atoms with Crippen LogP contribution in [0.5, 0.6) is 0 Å². The van der Waals surface area contributed by atoms with Gasteiger partial charge in [-0.25, -0.2) is 8.78 Å². The summed E-state index contributed by atoms with van der Waals surface area (Å²) in [5, 5.41) is 0. The molecule has 1 rings (SSSR count). The molecule has 0 fully saturated rings. The molecule has 3 heteroatoms. The molecular formula is C9H11F2N. The number of nitrogens with two attached hydrogens (primary N) is 1. The Bertz CT molecular complexity index is 273. The van der Waals surface area contributed by atoms with E-state index in [0.29, 0.717) is 12.0 Å². The number of hydrogen-bond acceptors (Lipinski definition) is 1. The summed E-state index contributed by atoms with van der Waals surface area (Å²) in [6.07, 6.45) is 0.713. The third-order valence-corrected chi connectivity index (χ3v) is 1.81. The summed E-state index contributed by atoms with van der Waals surface area (Å²) in [7, 11) is 0. The zero-order chi connectivity index (χ0) is 9.14. The molecule has 0 spiro atoms. The average molecular weight is 171 g/mol. The lowest BCUT2D eigenvalue weighted by molar-refractivity contribution is 0.504. The highest BCUT2D eigenvalue weighted by Gasteiger charge is 2.06. The van der Waals surface area contributed by atoms with Crippen molar-refractivity contribution in [3.05, 3.63) is 35.4 Å². The van der Waals surface area contributed by atoms with Crippen molar-refractivity contribution in [2.45, 2.75) is 19.4 Å². The summed E-state index contributed by atoms with van der Waals surface area (Å²) in [6, 6.07) is 3.54. The quantitative estimate of drug-likeness (QED) is 0.726. The van der Waals surface area contributed by atoms with Crippen LogP contribution in [0.15, 0.2) is 18.2 Å². The lowest BCUT2D eigenvalue weighted by atomic mass is 10.1. The van der Waals surface area contributed by atoms with Crippen LogP contribution in [0.25, 0.3) is 0 Å². The molecule has 0 unspecified atom stereocenters. The van der Waals surface area contributed by atoms with Crippen molar-refractivity contribution in [3.63, 3.8) is 0 Å². The summed E-state index contributed by atoms with van der Waals surface area (Å²) in [5.74, 6) is -1.67. The van der Waals surface area contributed by atoms with E-state index in [4.69, 9.17) is 5.73 Å². The number of rotatable bonds is 2. The van der Waals surface area contributed by atoms with E-state index in [1.165, 1.54) is 6.07 Å². The summed E-state index contributed by atoms with van der Waals surface area (Å²) in [6.45, 7) is 1.89. The van der Waals surface area contributed by atoms with E-state index in [9.17, 15) is 8.78 Å². The molecule has 1 atom stereocenters. The zero-order valence-electron chi connectivity index (χ0n) is 6.85. The van der Waals surface area contributed by atoms with Crippen LogP contribution in [0.3, 0.4) is 0 Å². The minimum absolute atomic E-state index is 0.208. The van der Waals surface area contributed by atoms with Gasteiger partial charge in [-0.15, -0.1) is 0 Å². The van der Waals surface area contributed by atoms with Gasteiger partial charge in [-0.3, -0.25) is 0 Å².